The normalized spacial score (nSPS) is 16.4. The molecular weight excluding hydrogens is 254 g/mol. The van der Waals surface area contributed by atoms with E-state index in [4.69, 9.17) is 0 Å². The Morgan fingerprint density at radius 3 is 2.90 bits per heavy atom. The molecule has 0 aromatic carbocycles. The van der Waals surface area contributed by atoms with Crippen molar-refractivity contribution < 1.29 is 4.79 Å². The number of carbonyl (C=O) groups excluding carboxylic acids is 1. The van der Waals surface area contributed by atoms with Gasteiger partial charge in [0.15, 0.2) is 5.82 Å². The van der Waals surface area contributed by atoms with Crippen LogP contribution in [0.3, 0.4) is 0 Å². The van der Waals surface area contributed by atoms with Crippen molar-refractivity contribution in [2.75, 3.05) is 18.4 Å². The van der Waals surface area contributed by atoms with Crippen molar-refractivity contribution in [2.24, 2.45) is 11.8 Å². The van der Waals surface area contributed by atoms with Gasteiger partial charge in [-0.2, -0.15) is 5.10 Å². The molecule has 0 spiro atoms. The maximum absolute atomic E-state index is 12.1. The molecule has 1 unspecified atom stereocenters. The van der Waals surface area contributed by atoms with E-state index in [1.807, 2.05) is 31.3 Å². The second-order valence-corrected chi connectivity index (χ2v) is 5.05. The molecule has 6 heteroatoms. The van der Waals surface area contributed by atoms with E-state index in [0.717, 1.165) is 18.9 Å². The summed E-state index contributed by atoms with van der Waals surface area (Å²) in [5, 5.41) is 10.2. The van der Waals surface area contributed by atoms with Crippen LogP contribution in [0.15, 0.2) is 36.8 Å². The maximum atomic E-state index is 12.1. The summed E-state index contributed by atoms with van der Waals surface area (Å²) in [5.41, 5.74) is 0.713. The summed E-state index contributed by atoms with van der Waals surface area (Å²) in [6.45, 7) is 3.81. The average molecular weight is 271 g/mol. The Morgan fingerprint density at radius 1 is 1.50 bits per heavy atom. The van der Waals surface area contributed by atoms with Crippen LogP contribution in [-0.2, 0) is 4.79 Å². The SMILES string of the molecule is CC(C(=O)Nc1ccc(-n2cccn2)nc1)C1CNC1. The third-order valence-electron chi connectivity index (χ3n) is 3.69. The number of rotatable bonds is 4. The van der Waals surface area contributed by atoms with Crippen LogP contribution >= 0.6 is 0 Å². The van der Waals surface area contributed by atoms with Gasteiger partial charge in [0.2, 0.25) is 5.91 Å². The number of nitrogens with zero attached hydrogens (tertiary/aromatic N) is 3. The molecule has 1 aliphatic rings. The zero-order chi connectivity index (χ0) is 13.9. The van der Waals surface area contributed by atoms with E-state index in [1.54, 1.807) is 17.1 Å². The van der Waals surface area contributed by atoms with E-state index < -0.39 is 0 Å². The number of nitrogens with one attached hydrogen (secondary N) is 2. The number of hydrogen-bond acceptors (Lipinski definition) is 4. The minimum Gasteiger partial charge on any atom is -0.324 e. The summed E-state index contributed by atoms with van der Waals surface area (Å²) in [5.74, 6) is 1.22. The summed E-state index contributed by atoms with van der Waals surface area (Å²) >= 11 is 0. The lowest BCUT2D eigenvalue weighted by molar-refractivity contribution is -0.121. The van der Waals surface area contributed by atoms with E-state index >= 15 is 0 Å². The van der Waals surface area contributed by atoms with Crippen LogP contribution < -0.4 is 10.6 Å². The molecule has 1 saturated heterocycles. The Hall–Kier alpha value is -2.21. The number of hydrogen-bond donors (Lipinski definition) is 2. The molecule has 6 nitrogen and oxygen atoms in total. The fourth-order valence-corrected chi connectivity index (χ4v) is 2.13. The zero-order valence-electron chi connectivity index (χ0n) is 11.3. The molecule has 0 aliphatic carbocycles. The van der Waals surface area contributed by atoms with Gasteiger partial charge in [-0.05, 0) is 37.2 Å². The Labute approximate surface area is 117 Å². The van der Waals surface area contributed by atoms with Gasteiger partial charge in [-0.3, -0.25) is 4.79 Å². The van der Waals surface area contributed by atoms with Gasteiger partial charge in [-0.25, -0.2) is 9.67 Å². The lowest BCUT2D eigenvalue weighted by Crippen LogP contribution is -2.48. The average Bonchev–Trinajstić information content (AvgIpc) is 2.91. The second-order valence-electron chi connectivity index (χ2n) is 5.05. The van der Waals surface area contributed by atoms with Crippen molar-refractivity contribution in [1.29, 1.82) is 0 Å². The molecule has 0 bridgehead atoms. The van der Waals surface area contributed by atoms with Crippen LogP contribution in [-0.4, -0.2) is 33.8 Å². The van der Waals surface area contributed by atoms with Crippen LogP contribution in [0.5, 0.6) is 0 Å². The molecule has 20 heavy (non-hydrogen) atoms. The number of carbonyl (C=O) groups is 1. The summed E-state index contributed by atoms with van der Waals surface area (Å²) in [4.78, 5) is 16.4. The van der Waals surface area contributed by atoms with E-state index in [2.05, 4.69) is 20.7 Å². The summed E-state index contributed by atoms with van der Waals surface area (Å²) in [6.07, 6.45) is 5.18. The highest BCUT2D eigenvalue weighted by atomic mass is 16.1. The third kappa shape index (κ3) is 2.55. The van der Waals surface area contributed by atoms with Gasteiger partial charge in [-0.1, -0.05) is 6.92 Å². The first kappa shape index (κ1) is 12.8. The van der Waals surface area contributed by atoms with Crippen LogP contribution in [0.25, 0.3) is 5.82 Å². The fourth-order valence-electron chi connectivity index (χ4n) is 2.13. The van der Waals surface area contributed by atoms with Crippen molar-refractivity contribution in [3.63, 3.8) is 0 Å². The minimum atomic E-state index is 0.0158. The van der Waals surface area contributed by atoms with Crippen molar-refractivity contribution in [1.82, 2.24) is 20.1 Å². The van der Waals surface area contributed by atoms with E-state index in [1.165, 1.54) is 0 Å². The molecule has 3 heterocycles. The predicted octanol–water partition coefficient (Wildman–Crippen LogP) is 1.06. The monoisotopic (exact) mass is 271 g/mol. The highest BCUT2D eigenvalue weighted by Crippen LogP contribution is 2.18. The van der Waals surface area contributed by atoms with Crippen molar-refractivity contribution in [3.8, 4) is 5.82 Å². The maximum Gasteiger partial charge on any atom is 0.227 e. The second kappa shape index (κ2) is 5.42. The van der Waals surface area contributed by atoms with Crippen molar-refractivity contribution in [2.45, 2.75) is 6.92 Å². The molecule has 0 saturated carbocycles. The van der Waals surface area contributed by atoms with E-state index in [-0.39, 0.29) is 11.8 Å². The van der Waals surface area contributed by atoms with Gasteiger partial charge >= 0.3 is 0 Å². The highest BCUT2D eigenvalue weighted by Gasteiger charge is 2.28. The summed E-state index contributed by atoms with van der Waals surface area (Å²) in [6, 6.07) is 5.51. The first-order valence-corrected chi connectivity index (χ1v) is 6.71. The molecule has 0 radical (unpaired) electrons. The highest BCUT2D eigenvalue weighted by molar-refractivity contribution is 5.92. The quantitative estimate of drug-likeness (QED) is 0.872. The van der Waals surface area contributed by atoms with Crippen LogP contribution in [0.1, 0.15) is 6.92 Å². The fraction of sp³-hybridized carbons (Fsp3) is 0.357. The van der Waals surface area contributed by atoms with Gasteiger partial charge in [0.25, 0.3) is 0 Å². The smallest absolute Gasteiger partial charge is 0.227 e. The minimum absolute atomic E-state index is 0.0158. The van der Waals surface area contributed by atoms with Gasteiger partial charge < -0.3 is 10.6 Å². The van der Waals surface area contributed by atoms with Gasteiger partial charge in [-0.15, -0.1) is 0 Å². The van der Waals surface area contributed by atoms with Gasteiger partial charge in [0.1, 0.15) is 0 Å². The standard InChI is InChI=1S/C14H17N5O/c1-10(11-7-15-8-11)14(20)18-12-3-4-13(16-9-12)19-6-2-5-17-19/h2-6,9-11,15H,7-8H2,1H3,(H,18,20). The number of anilines is 1. The number of aromatic nitrogens is 3. The van der Waals surface area contributed by atoms with Gasteiger partial charge in [0, 0.05) is 18.3 Å². The number of pyridine rings is 1. The van der Waals surface area contributed by atoms with Crippen LogP contribution in [0.4, 0.5) is 5.69 Å². The Balaban J connectivity index is 1.64. The Morgan fingerprint density at radius 2 is 2.35 bits per heavy atom. The largest absolute Gasteiger partial charge is 0.324 e. The molecule has 2 N–H and O–H groups in total. The van der Waals surface area contributed by atoms with Crippen LogP contribution in [0, 0.1) is 11.8 Å². The zero-order valence-corrected chi connectivity index (χ0v) is 11.3. The molecular formula is C14H17N5O. The van der Waals surface area contributed by atoms with Crippen LogP contribution in [0.2, 0.25) is 0 Å². The first-order valence-electron chi connectivity index (χ1n) is 6.71. The van der Waals surface area contributed by atoms with E-state index in [0.29, 0.717) is 11.6 Å². The molecule has 3 rings (SSSR count). The molecule has 1 fully saturated rings. The molecule has 2 aromatic rings. The van der Waals surface area contributed by atoms with E-state index in [9.17, 15) is 4.79 Å². The first-order chi connectivity index (χ1) is 9.74. The Kier molecular flexibility index (Phi) is 3.47. The number of amides is 1. The van der Waals surface area contributed by atoms with Crippen molar-refractivity contribution >= 4 is 11.6 Å². The summed E-state index contributed by atoms with van der Waals surface area (Å²) in [7, 11) is 0. The molecule has 1 aliphatic heterocycles. The molecule has 1 amide bonds. The van der Waals surface area contributed by atoms with Crippen molar-refractivity contribution in [3.05, 3.63) is 36.8 Å². The molecule has 104 valence electrons. The lowest BCUT2D eigenvalue weighted by atomic mass is 9.88. The summed E-state index contributed by atoms with van der Waals surface area (Å²) < 4.78 is 1.67. The topological polar surface area (TPSA) is 71.8 Å². The predicted molar refractivity (Wildman–Crippen MR) is 75.5 cm³/mol. The third-order valence-corrected chi connectivity index (χ3v) is 3.69. The molecule has 1 atom stereocenters. The Bertz CT molecular complexity index is 574. The molecule has 2 aromatic heterocycles. The lowest BCUT2D eigenvalue weighted by Gasteiger charge is -2.31. The van der Waals surface area contributed by atoms with Gasteiger partial charge in [0.05, 0.1) is 11.9 Å².